The second-order valence-electron chi connectivity index (χ2n) is 4.15. The summed E-state index contributed by atoms with van der Waals surface area (Å²) in [6.07, 6.45) is -7.24. The van der Waals surface area contributed by atoms with Crippen molar-refractivity contribution < 1.29 is 26.7 Å². The Morgan fingerprint density at radius 3 is 2.17 bits per heavy atom. The molecule has 1 nitrogen and oxygen atoms in total. The van der Waals surface area contributed by atoms with Crippen LogP contribution in [-0.2, 0) is 6.18 Å². The largest absolute Gasteiger partial charge is 0.488 e. The maximum atomic E-state index is 12.6. The monoisotopic (exact) mass is 268 g/mol. The summed E-state index contributed by atoms with van der Waals surface area (Å²) in [5.41, 5.74) is -0.493. The zero-order valence-corrected chi connectivity index (χ0v) is 9.89. The fourth-order valence-corrected chi connectivity index (χ4v) is 1.36. The van der Waals surface area contributed by atoms with Crippen molar-refractivity contribution in [2.75, 3.05) is 6.61 Å². The number of halogens is 5. The summed E-state index contributed by atoms with van der Waals surface area (Å²) in [4.78, 5) is 0. The molecule has 0 amide bonds. The zero-order valence-electron chi connectivity index (χ0n) is 9.89. The molecule has 0 fully saturated rings. The average Bonchev–Trinajstić information content (AvgIpc) is 2.24. The molecule has 1 rings (SSSR count). The molecule has 0 saturated heterocycles. The third-order valence-corrected chi connectivity index (χ3v) is 2.30. The molecule has 1 aromatic carbocycles. The van der Waals surface area contributed by atoms with E-state index in [1.54, 1.807) is 13.8 Å². The molecule has 18 heavy (non-hydrogen) atoms. The Morgan fingerprint density at radius 1 is 1.11 bits per heavy atom. The van der Waals surface area contributed by atoms with Gasteiger partial charge in [0.25, 0.3) is 6.43 Å². The molecule has 102 valence electrons. The third kappa shape index (κ3) is 4.16. The van der Waals surface area contributed by atoms with E-state index in [0.29, 0.717) is 5.56 Å². The van der Waals surface area contributed by atoms with Crippen LogP contribution < -0.4 is 4.74 Å². The lowest BCUT2D eigenvalue weighted by atomic mass is 10.00. The van der Waals surface area contributed by atoms with Gasteiger partial charge in [-0.1, -0.05) is 13.8 Å². The molecule has 0 aliphatic rings. The molecule has 0 aromatic heterocycles. The molecule has 6 heteroatoms. The van der Waals surface area contributed by atoms with Crippen molar-refractivity contribution in [2.45, 2.75) is 32.4 Å². The Morgan fingerprint density at radius 2 is 1.72 bits per heavy atom. The van der Waals surface area contributed by atoms with Crippen LogP contribution in [0.25, 0.3) is 0 Å². The van der Waals surface area contributed by atoms with Gasteiger partial charge in [0, 0.05) is 0 Å². The summed E-state index contributed by atoms with van der Waals surface area (Å²) in [5.74, 6) is -0.338. The lowest BCUT2D eigenvalue weighted by molar-refractivity contribution is -0.137. The van der Waals surface area contributed by atoms with Crippen LogP contribution in [-0.4, -0.2) is 13.0 Å². The minimum absolute atomic E-state index is 0.152. The maximum absolute atomic E-state index is 12.6. The SMILES string of the molecule is CC(C)c1cc(OCC(F)F)cc(C(F)(F)F)c1. The molecule has 0 radical (unpaired) electrons. The molecule has 0 unspecified atom stereocenters. The molecule has 0 saturated carbocycles. The fraction of sp³-hybridized carbons (Fsp3) is 0.500. The van der Waals surface area contributed by atoms with Crippen LogP contribution in [0.4, 0.5) is 22.0 Å². The summed E-state index contributed by atoms with van der Waals surface area (Å²) >= 11 is 0. The molecule has 1 aromatic rings. The van der Waals surface area contributed by atoms with Gasteiger partial charge in [-0.2, -0.15) is 13.2 Å². The zero-order chi connectivity index (χ0) is 13.9. The van der Waals surface area contributed by atoms with Gasteiger partial charge in [0.05, 0.1) is 5.56 Å². The van der Waals surface area contributed by atoms with E-state index >= 15 is 0 Å². The Hall–Kier alpha value is -1.33. The van der Waals surface area contributed by atoms with Gasteiger partial charge in [-0.3, -0.25) is 0 Å². The first-order valence-electron chi connectivity index (χ1n) is 5.33. The predicted molar refractivity (Wildman–Crippen MR) is 57.0 cm³/mol. The Balaban J connectivity index is 3.06. The summed E-state index contributed by atoms with van der Waals surface area (Å²) in [6.45, 7) is 2.51. The molecule has 0 N–H and O–H groups in total. The van der Waals surface area contributed by atoms with Crippen molar-refractivity contribution in [1.82, 2.24) is 0 Å². The normalized spacial score (nSPS) is 12.3. The molecule has 0 aliphatic carbocycles. The highest BCUT2D eigenvalue weighted by Crippen LogP contribution is 2.34. The topological polar surface area (TPSA) is 9.23 Å². The van der Waals surface area contributed by atoms with Crippen molar-refractivity contribution in [1.29, 1.82) is 0 Å². The van der Waals surface area contributed by atoms with Crippen LogP contribution in [0.1, 0.15) is 30.9 Å². The van der Waals surface area contributed by atoms with Gasteiger partial charge >= 0.3 is 6.18 Å². The predicted octanol–water partition coefficient (Wildman–Crippen LogP) is 4.47. The van der Waals surface area contributed by atoms with Gasteiger partial charge in [-0.15, -0.1) is 0 Å². The number of benzene rings is 1. The van der Waals surface area contributed by atoms with E-state index in [9.17, 15) is 22.0 Å². The smallest absolute Gasteiger partial charge is 0.416 e. The van der Waals surface area contributed by atoms with Crippen LogP contribution in [0.2, 0.25) is 0 Å². The number of ether oxygens (including phenoxy) is 1. The van der Waals surface area contributed by atoms with Gasteiger partial charge < -0.3 is 4.74 Å². The van der Waals surface area contributed by atoms with Crippen molar-refractivity contribution in [3.05, 3.63) is 29.3 Å². The van der Waals surface area contributed by atoms with Crippen LogP contribution in [0.3, 0.4) is 0 Å². The highest BCUT2D eigenvalue weighted by atomic mass is 19.4. The molecule has 0 aliphatic heterocycles. The van der Waals surface area contributed by atoms with E-state index in [1.165, 1.54) is 6.07 Å². The lowest BCUT2D eigenvalue weighted by Gasteiger charge is -2.14. The first-order valence-corrected chi connectivity index (χ1v) is 5.33. The molecular weight excluding hydrogens is 255 g/mol. The summed E-state index contributed by atoms with van der Waals surface area (Å²) in [5, 5.41) is 0. The second-order valence-corrected chi connectivity index (χ2v) is 4.15. The first kappa shape index (κ1) is 14.7. The second kappa shape index (κ2) is 5.54. The van der Waals surface area contributed by atoms with Crippen molar-refractivity contribution in [2.24, 2.45) is 0 Å². The number of rotatable bonds is 4. The minimum Gasteiger partial charge on any atom is -0.488 e. The summed E-state index contributed by atoms with van der Waals surface area (Å²) < 4.78 is 66.4. The van der Waals surface area contributed by atoms with Gasteiger partial charge in [-0.25, -0.2) is 8.78 Å². The Labute approximate surface area is 102 Å². The molecule has 0 heterocycles. The Kier molecular flexibility index (Phi) is 4.53. The quantitative estimate of drug-likeness (QED) is 0.732. The molecular formula is C12H13F5O. The molecule has 0 spiro atoms. The first-order chi connectivity index (χ1) is 8.20. The highest BCUT2D eigenvalue weighted by Gasteiger charge is 2.31. The number of alkyl halides is 5. The van der Waals surface area contributed by atoms with Gasteiger partial charge in [0.2, 0.25) is 0 Å². The van der Waals surface area contributed by atoms with Gasteiger partial charge in [0.1, 0.15) is 12.4 Å². The van der Waals surface area contributed by atoms with Crippen LogP contribution in [0, 0.1) is 0 Å². The highest BCUT2D eigenvalue weighted by molar-refractivity contribution is 5.37. The minimum atomic E-state index is -4.52. The van der Waals surface area contributed by atoms with Crippen LogP contribution in [0.15, 0.2) is 18.2 Å². The van der Waals surface area contributed by atoms with Crippen molar-refractivity contribution in [3.8, 4) is 5.75 Å². The van der Waals surface area contributed by atoms with E-state index in [-0.39, 0.29) is 11.7 Å². The summed E-state index contributed by atoms with van der Waals surface area (Å²) in [6, 6.07) is 3.08. The lowest BCUT2D eigenvalue weighted by Crippen LogP contribution is -2.10. The van der Waals surface area contributed by atoms with Crippen LogP contribution >= 0.6 is 0 Å². The number of hydrogen-bond donors (Lipinski definition) is 0. The van der Waals surface area contributed by atoms with Crippen molar-refractivity contribution >= 4 is 0 Å². The van der Waals surface area contributed by atoms with Crippen LogP contribution in [0.5, 0.6) is 5.75 Å². The van der Waals surface area contributed by atoms with E-state index in [1.807, 2.05) is 0 Å². The van der Waals surface area contributed by atoms with Gasteiger partial charge in [-0.05, 0) is 29.7 Å². The molecule has 0 atom stereocenters. The van der Waals surface area contributed by atoms with Crippen molar-refractivity contribution in [3.63, 3.8) is 0 Å². The number of hydrogen-bond acceptors (Lipinski definition) is 1. The standard InChI is InChI=1S/C12H13F5O/c1-7(2)8-3-9(12(15,16)17)5-10(4-8)18-6-11(13)14/h3-5,7,11H,6H2,1-2H3. The maximum Gasteiger partial charge on any atom is 0.416 e. The molecule has 0 bridgehead atoms. The van der Waals surface area contributed by atoms with E-state index in [4.69, 9.17) is 0 Å². The van der Waals surface area contributed by atoms with E-state index in [2.05, 4.69) is 4.74 Å². The van der Waals surface area contributed by atoms with E-state index < -0.39 is 24.8 Å². The van der Waals surface area contributed by atoms with E-state index in [0.717, 1.165) is 12.1 Å². The average molecular weight is 268 g/mol. The Bertz CT molecular complexity index is 398. The van der Waals surface area contributed by atoms with Gasteiger partial charge in [0.15, 0.2) is 0 Å². The third-order valence-electron chi connectivity index (χ3n) is 2.30. The summed E-state index contributed by atoms with van der Waals surface area (Å²) in [7, 11) is 0. The fourth-order valence-electron chi connectivity index (χ4n) is 1.36.